The molecule has 3 fully saturated rings. The van der Waals surface area contributed by atoms with E-state index < -0.39 is 52.5 Å². The first-order valence-electron chi connectivity index (χ1n) is 8.97. The van der Waals surface area contributed by atoms with Crippen LogP contribution in [0, 0.1) is 23.2 Å². The number of nitrogens with zero attached hydrogens (tertiary/aromatic N) is 2. The Balaban J connectivity index is 1.78. The van der Waals surface area contributed by atoms with Crippen molar-refractivity contribution >= 4 is 27.5 Å². The minimum atomic E-state index is -4.74. The van der Waals surface area contributed by atoms with Crippen molar-refractivity contribution in [3.05, 3.63) is 29.3 Å². The van der Waals surface area contributed by atoms with Gasteiger partial charge >= 0.3 is 6.18 Å². The SMILES string of the molecule is CC12CCC(CCBr)(O1)[C@@H]1C(=O)N(c3ccc(C#N)c(C(F)(F)F)c3)C(O)C12. The Hall–Kier alpha value is -1.63. The molecule has 9 heteroatoms. The molecule has 0 aromatic heterocycles. The van der Waals surface area contributed by atoms with Crippen molar-refractivity contribution in [1.82, 2.24) is 0 Å². The van der Waals surface area contributed by atoms with Crippen LogP contribution in [0.3, 0.4) is 0 Å². The third kappa shape index (κ3) is 2.54. The number of halogens is 4. The van der Waals surface area contributed by atoms with Crippen LogP contribution in [0.4, 0.5) is 18.9 Å². The average Bonchev–Trinajstić information content (AvgIpc) is 3.19. The lowest BCUT2D eigenvalue weighted by molar-refractivity contribution is -0.138. The Bertz CT molecular complexity index is 882. The van der Waals surface area contributed by atoms with Gasteiger partial charge in [-0.25, -0.2) is 0 Å². The number of ether oxygens (including phenoxy) is 1. The van der Waals surface area contributed by atoms with Crippen molar-refractivity contribution in [3.63, 3.8) is 0 Å². The van der Waals surface area contributed by atoms with Crippen LogP contribution in [0.5, 0.6) is 0 Å². The van der Waals surface area contributed by atoms with Crippen LogP contribution in [-0.4, -0.2) is 33.8 Å². The van der Waals surface area contributed by atoms with E-state index >= 15 is 0 Å². The van der Waals surface area contributed by atoms with Gasteiger partial charge < -0.3 is 9.84 Å². The largest absolute Gasteiger partial charge is 0.417 e. The fraction of sp³-hybridized carbons (Fsp3) is 0.579. The van der Waals surface area contributed by atoms with Gasteiger partial charge in [-0.2, -0.15) is 18.4 Å². The fourth-order valence-corrected chi connectivity index (χ4v) is 5.92. The van der Waals surface area contributed by atoms with Crippen LogP contribution >= 0.6 is 15.9 Å². The molecule has 3 aliphatic heterocycles. The highest BCUT2D eigenvalue weighted by Crippen LogP contribution is 2.63. The highest BCUT2D eigenvalue weighted by atomic mass is 79.9. The Labute approximate surface area is 168 Å². The first-order valence-corrected chi connectivity index (χ1v) is 10.1. The van der Waals surface area contributed by atoms with Gasteiger partial charge in [0.25, 0.3) is 0 Å². The molecule has 1 N–H and O–H groups in total. The van der Waals surface area contributed by atoms with Crippen molar-refractivity contribution in [2.75, 3.05) is 10.2 Å². The van der Waals surface area contributed by atoms with Gasteiger partial charge in [-0.15, -0.1) is 0 Å². The molecule has 0 spiro atoms. The molecule has 0 saturated carbocycles. The molecule has 3 heterocycles. The number of carbonyl (C=O) groups is 1. The van der Waals surface area contributed by atoms with Crippen molar-refractivity contribution in [2.24, 2.45) is 11.8 Å². The summed E-state index contributed by atoms with van der Waals surface area (Å²) in [4.78, 5) is 14.3. The van der Waals surface area contributed by atoms with Gasteiger partial charge in [0.15, 0.2) is 0 Å². The smallest absolute Gasteiger partial charge is 0.373 e. The maximum atomic E-state index is 13.3. The maximum Gasteiger partial charge on any atom is 0.417 e. The number of rotatable bonds is 3. The van der Waals surface area contributed by atoms with Crippen molar-refractivity contribution < 1.29 is 27.8 Å². The number of carbonyl (C=O) groups excluding carboxylic acids is 1. The number of nitriles is 1. The predicted octanol–water partition coefficient (Wildman–Crippen LogP) is 3.58. The van der Waals surface area contributed by atoms with E-state index in [2.05, 4.69) is 15.9 Å². The Kier molecular flexibility index (Phi) is 4.34. The van der Waals surface area contributed by atoms with Crippen LogP contribution in [-0.2, 0) is 15.7 Å². The molecule has 0 aliphatic carbocycles. The van der Waals surface area contributed by atoms with Crippen molar-refractivity contribution in [2.45, 2.75) is 49.8 Å². The Morgan fingerprint density at radius 3 is 2.75 bits per heavy atom. The topological polar surface area (TPSA) is 73.6 Å². The summed E-state index contributed by atoms with van der Waals surface area (Å²) >= 11 is 3.39. The number of aliphatic hydroxyl groups excluding tert-OH is 1. The minimum absolute atomic E-state index is 0.0600. The van der Waals surface area contributed by atoms with E-state index in [1.807, 2.05) is 6.92 Å². The summed E-state index contributed by atoms with van der Waals surface area (Å²) in [6.45, 7) is 1.85. The molecule has 1 amide bonds. The Morgan fingerprint density at radius 2 is 2.14 bits per heavy atom. The summed E-state index contributed by atoms with van der Waals surface area (Å²) < 4.78 is 46.3. The molecule has 1 aromatic carbocycles. The quantitative estimate of drug-likeness (QED) is 0.702. The molecule has 4 unspecified atom stereocenters. The normalized spacial score (nSPS) is 36.7. The van der Waals surface area contributed by atoms with E-state index in [1.54, 1.807) is 0 Å². The first kappa shape index (κ1) is 19.7. The van der Waals surface area contributed by atoms with E-state index in [4.69, 9.17) is 10.00 Å². The van der Waals surface area contributed by atoms with E-state index in [9.17, 15) is 23.1 Å². The van der Waals surface area contributed by atoms with Gasteiger partial charge in [0, 0.05) is 16.9 Å². The lowest BCUT2D eigenvalue weighted by Crippen LogP contribution is -2.43. The Morgan fingerprint density at radius 1 is 1.43 bits per heavy atom. The van der Waals surface area contributed by atoms with Gasteiger partial charge in [0.1, 0.15) is 6.23 Å². The molecule has 5 nitrogen and oxygen atoms in total. The van der Waals surface area contributed by atoms with E-state index in [1.165, 1.54) is 12.1 Å². The zero-order chi connectivity index (χ0) is 20.5. The summed E-state index contributed by atoms with van der Waals surface area (Å²) in [5, 5.41) is 20.5. The van der Waals surface area contributed by atoms with Crippen LogP contribution in [0.1, 0.15) is 37.3 Å². The second-order valence-corrected chi connectivity index (χ2v) is 8.68. The fourth-order valence-electron chi connectivity index (χ4n) is 5.25. The van der Waals surface area contributed by atoms with Crippen LogP contribution in [0.2, 0.25) is 0 Å². The molecular weight excluding hydrogens is 441 g/mol. The van der Waals surface area contributed by atoms with Gasteiger partial charge in [0.2, 0.25) is 5.91 Å². The highest BCUT2D eigenvalue weighted by Gasteiger charge is 2.73. The lowest BCUT2D eigenvalue weighted by Gasteiger charge is -2.32. The number of hydrogen-bond acceptors (Lipinski definition) is 4. The minimum Gasteiger partial charge on any atom is -0.373 e. The summed E-state index contributed by atoms with van der Waals surface area (Å²) in [7, 11) is 0. The third-order valence-electron chi connectivity index (χ3n) is 6.43. The van der Waals surface area contributed by atoms with E-state index in [0.29, 0.717) is 24.6 Å². The average molecular weight is 459 g/mol. The van der Waals surface area contributed by atoms with Gasteiger partial charge in [-0.1, -0.05) is 15.9 Å². The number of fused-ring (bicyclic) bond motifs is 5. The molecule has 2 bridgehead atoms. The number of benzene rings is 1. The zero-order valence-corrected chi connectivity index (χ0v) is 16.5. The zero-order valence-electron chi connectivity index (χ0n) is 15.0. The molecule has 150 valence electrons. The lowest BCUT2D eigenvalue weighted by atomic mass is 9.67. The maximum absolute atomic E-state index is 13.3. The second kappa shape index (κ2) is 6.18. The number of alkyl halides is 4. The van der Waals surface area contributed by atoms with Gasteiger partial charge in [-0.05, 0) is 44.4 Å². The van der Waals surface area contributed by atoms with E-state index in [0.717, 1.165) is 17.0 Å². The van der Waals surface area contributed by atoms with Crippen LogP contribution < -0.4 is 4.90 Å². The van der Waals surface area contributed by atoms with Crippen molar-refractivity contribution in [1.29, 1.82) is 5.26 Å². The third-order valence-corrected chi connectivity index (χ3v) is 6.82. The van der Waals surface area contributed by atoms with Gasteiger partial charge in [-0.3, -0.25) is 9.69 Å². The second-order valence-electron chi connectivity index (χ2n) is 7.88. The van der Waals surface area contributed by atoms with Crippen LogP contribution in [0.15, 0.2) is 18.2 Å². The first-order chi connectivity index (χ1) is 13.1. The standard InChI is InChI=1S/C19H18BrF3N2O3/c1-17-4-5-18(28-17,6-7-20)14-13(17)15(26)25(16(14)27)11-3-2-10(9-24)12(8-11)19(21,22)23/h2-3,8,13-15,26H,4-7H2,1H3/t13?,14-,15?,17?,18?/m0/s1. The molecule has 28 heavy (non-hydrogen) atoms. The number of aliphatic hydroxyl groups is 1. The summed E-state index contributed by atoms with van der Waals surface area (Å²) in [6, 6.07) is 4.60. The number of anilines is 1. The van der Waals surface area contributed by atoms with Crippen molar-refractivity contribution in [3.8, 4) is 6.07 Å². The molecular formula is C19H18BrF3N2O3. The molecule has 3 saturated heterocycles. The molecule has 3 aliphatic rings. The molecule has 4 rings (SSSR count). The van der Waals surface area contributed by atoms with Crippen LogP contribution in [0.25, 0.3) is 0 Å². The molecule has 1 aromatic rings. The number of hydrogen-bond donors (Lipinski definition) is 1. The summed E-state index contributed by atoms with van der Waals surface area (Å²) in [5.41, 5.74) is -3.12. The predicted molar refractivity (Wildman–Crippen MR) is 96.5 cm³/mol. The monoisotopic (exact) mass is 458 g/mol. The molecule has 5 atom stereocenters. The molecule has 0 radical (unpaired) electrons. The van der Waals surface area contributed by atoms with E-state index in [-0.39, 0.29) is 5.69 Å². The summed E-state index contributed by atoms with van der Waals surface area (Å²) in [6.07, 6.45) is -4.09. The number of amides is 1. The summed E-state index contributed by atoms with van der Waals surface area (Å²) in [5.74, 6) is -1.55. The highest BCUT2D eigenvalue weighted by molar-refractivity contribution is 9.09. The van der Waals surface area contributed by atoms with Gasteiger partial charge in [0.05, 0.1) is 34.3 Å².